The third-order valence-electron chi connectivity index (χ3n) is 3.63. The molecule has 0 fully saturated rings. The van der Waals surface area contributed by atoms with Gasteiger partial charge < -0.3 is 0 Å². The first-order valence-corrected chi connectivity index (χ1v) is 8.16. The molecule has 0 saturated heterocycles. The quantitative estimate of drug-likeness (QED) is 0.686. The van der Waals surface area contributed by atoms with E-state index < -0.39 is 0 Å². The minimum absolute atomic E-state index is 0.810. The number of hydrogen-bond donors (Lipinski definition) is 0. The molecule has 0 spiro atoms. The predicted molar refractivity (Wildman–Crippen MR) is 89.4 cm³/mol. The highest BCUT2D eigenvalue weighted by molar-refractivity contribution is 7.98. The van der Waals surface area contributed by atoms with Crippen LogP contribution in [0, 0.1) is 20.8 Å². The van der Waals surface area contributed by atoms with Crippen molar-refractivity contribution >= 4 is 11.8 Å². The Kier molecular flexibility index (Phi) is 4.24. The molecule has 0 aliphatic carbocycles. The zero-order chi connectivity index (χ0) is 15.5. The Balaban J connectivity index is 1.81. The van der Waals surface area contributed by atoms with Crippen LogP contribution in [-0.4, -0.2) is 20.2 Å². The van der Waals surface area contributed by atoms with Crippen molar-refractivity contribution in [2.24, 2.45) is 0 Å². The van der Waals surface area contributed by atoms with Crippen molar-refractivity contribution in [3.05, 3.63) is 64.7 Å². The molecule has 3 rings (SSSR count). The summed E-state index contributed by atoms with van der Waals surface area (Å²) < 4.78 is 1.80. The standard InChI is InChI=1S/C17H18N4S/c1-12-5-4-6-15(9-12)11-22-17-18-19-20-21(17)16-8-7-13(2)14(3)10-16/h4-10H,11H2,1-3H3. The third kappa shape index (κ3) is 3.20. The van der Waals surface area contributed by atoms with Crippen molar-refractivity contribution in [1.82, 2.24) is 20.2 Å². The highest BCUT2D eigenvalue weighted by Crippen LogP contribution is 2.23. The van der Waals surface area contributed by atoms with E-state index in [1.54, 1.807) is 16.4 Å². The number of benzene rings is 2. The van der Waals surface area contributed by atoms with E-state index in [9.17, 15) is 0 Å². The van der Waals surface area contributed by atoms with Gasteiger partial charge in [0.1, 0.15) is 0 Å². The number of rotatable bonds is 4. The molecule has 1 heterocycles. The van der Waals surface area contributed by atoms with Crippen LogP contribution in [0.15, 0.2) is 47.6 Å². The molecule has 0 amide bonds. The molecule has 0 N–H and O–H groups in total. The minimum Gasteiger partial charge on any atom is -0.187 e. The van der Waals surface area contributed by atoms with E-state index in [4.69, 9.17) is 0 Å². The molecule has 1 aromatic heterocycles. The van der Waals surface area contributed by atoms with Crippen LogP contribution in [0.1, 0.15) is 22.3 Å². The molecular formula is C17H18N4S. The number of tetrazole rings is 1. The van der Waals surface area contributed by atoms with Gasteiger partial charge >= 0.3 is 0 Å². The van der Waals surface area contributed by atoms with Crippen molar-refractivity contribution in [1.29, 1.82) is 0 Å². The highest BCUT2D eigenvalue weighted by atomic mass is 32.2. The largest absolute Gasteiger partial charge is 0.214 e. The second-order valence-corrected chi connectivity index (χ2v) is 6.36. The Morgan fingerprint density at radius 2 is 1.86 bits per heavy atom. The molecule has 2 aromatic carbocycles. The molecule has 4 nitrogen and oxygen atoms in total. The number of aromatic nitrogens is 4. The molecule has 112 valence electrons. The van der Waals surface area contributed by atoms with Crippen LogP contribution in [0.2, 0.25) is 0 Å². The molecule has 0 radical (unpaired) electrons. The van der Waals surface area contributed by atoms with Crippen molar-refractivity contribution in [3.8, 4) is 5.69 Å². The summed E-state index contributed by atoms with van der Waals surface area (Å²) in [5.41, 5.74) is 6.06. The Morgan fingerprint density at radius 3 is 2.64 bits per heavy atom. The van der Waals surface area contributed by atoms with Crippen molar-refractivity contribution in [3.63, 3.8) is 0 Å². The number of aryl methyl sites for hydroxylation is 3. The molecule has 22 heavy (non-hydrogen) atoms. The highest BCUT2D eigenvalue weighted by Gasteiger charge is 2.10. The summed E-state index contributed by atoms with van der Waals surface area (Å²) in [5.74, 6) is 0.854. The fourth-order valence-corrected chi connectivity index (χ4v) is 3.07. The zero-order valence-electron chi connectivity index (χ0n) is 12.9. The molecule has 3 aromatic rings. The molecular weight excluding hydrogens is 292 g/mol. The van der Waals surface area contributed by atoms with Crippen molar-refractivity contribution in [2.45, 2.75) is 31.7 Å². The third-order valence-corrected chi connectivity index (χ3v) is 4.62. The fraction of sp³-hybridized carbons (Fsp3) is 0.235. The zero-order valence-corrected chi connectivity index (χ0v) is 13.8. The predicted octanol–water partition coefficient (Wildman–Crippen LogP) is 3.88. The van der Waals surface area contributed by atoms with Gasteiger partial charge in [0, 0.05) is 5.75 Å². The molecule has 0 aliphatic heterocycles. The maximum absolute atomic E-state index is 4.15. The molecule has 0 saturated carbocycles. The lowest BCUT2D eigenvalue weighted by Crippen LogP contribution is -2.00. The number of hydrogen-bond acceptors (Lipinski definition) is 4. The van der Waals surface area contributed by atoms with Gasteiger partial charge in [0.25, 0.3) is 0 Å². The normalized spacial score (nSPS) is 10.9. The first-order valence-electron chi connectivity index (χ1n) is 7.18. The fourth-order valence-electron chi connectivity index (χ4n) is 2.24. The Morgan fingerprint density at radius 1 is 1.00 bits per heavy atom. The monoisotopic (exact) mass is 310 g/mol. The van der Waals surface area contributed by atoms with Gasteiger partial charge in [0.15, 0.2) is 0 Å². The van der Waals surface area contributed by atoms with E-state index >= 15 is 0 Å². The van der Waals surface area contributed by atoms with Crippen LogP contribution >= 0.6 is 11.8 Å². The van der Waals surface area contributed by atoms with Crippen LogP contribution in [0.3, 0.4) is 0 Å². The molecule has 0 bridgehead atoms. The van der Waals surface area contributed by atoms with Crippen LogP contribution < -0.4 is 0 Å². The smallest absolute Gasteiger partial charge is 0.187 e. The first kappa shape index (κ1) is 14.8. The minimum atomic E-state index is 0.810. The number of nitrogens with zero attached hydrogens (tertiary/aromatic N) is 4. The average Bonchev–Trinajstić information content (AvgIpc) is 2.96. The van der Waals surface area contributed by atoms with Crippen LogP contribution in [-0.2, 0) is 5.75 Å². The Hall–Kier alpha value is -2.14. The lowest BCUT2D eigenvalue weighted by molar-refractivity contribution is 0.755. The van der Waals surface area contributed by atoms with Gasteiger partial charge in [-0.15, -0.1) is 5.10 Å². The lowest BCUT2D eigenvalue weighted by Gasteiger charge is -2.07. The van der Waals surface area contributed by atoms with Crippen molar-refractivity contribution in [2.75, 3.05) is 0 Å². The molecule has 5 heteroatoms. The Labute approximate surface area is 134 Å². The van der Waals surface area contributed by atoms with Gasteiger partial charge in [-0.2, -0.15) is 4.68 Å². The van der Waals surface area contributed by atoms with E-state index in [-0.39, 0.29) is 0 Å². The maximum atomic E-state index is 4.15. The summed E-state index contributed by atoms with van der Waals surface area (Å²) >= 11 is 1.65. The van der Waals surface area contributed by atoms with Crippen LogP contribution in [0.25, 0.3) is 5.69 Å². The van der Waals surface area contributed by atoms with Gasteiger partial charge in [-0.1, -0.05) is 47.7 Å². The van der Waals surface area contributed by atoms with Gasteiger partial charge in [0.2, 0.25) is 5.16 Å². The van der Waals surface area contributed by atoms with Crippen LogP contribution in [0.5, 0.6) is 0 Å². The summed E-state index contributed by atoms with van der Waals surface area (Å²) in [6, 6.07) is 14.8. The molecule has 0 aliphatic rings. The second-order valence-electron chi connectivity index (χ2n) is 5.42. The average molecular weight is 310 g/mol. The SMILES string of the molecule is Cc1cccc(CSc2nnnn2-c2ccc(C)c(C)c2)c1. The topological polar surface area (TPSA) is 43.6 Å². The summed E-state index contributed by atoms with van der Waals surface area (Å²) in [4.78, 5) is 0. The van der Waals surface area contributed by atoms with Gasteiger partial charge in [-0.05, 0) is 60.0 Å². The van der Waals surface area contributed by atoms with E-state index in [2.05, 4.69) is 78.8 Å². The lowest BCUT2D eigenvalue weighted by atomic mass is 10.1. The van der Waals surface area contributed by atoms with E-state index in [0.717, 1.165) is 16.6 Å². The number of thioether (sulfide) groups is 1. The second kappa shape index (κ2) is 6.32. The van der Waals surface area contributed by atoms with Crippen molar-refractivity contribution < 1.29 is 0 Å². The summed E-state index contributed by atoms with van der Waals surface area (Å²) in [6.07, 6.45) is 0. The molecule has 0 atom stereocenters. The van der Waals surface area contributed by atoms with Gasteiger partial charge in [-0.25, -0.2) is 0 Å². The van der Waals surface area contributed by atoms with E-state index in [1.807, 2.05) is 0 Å². The first-order chi connectivity index (χ1) is 10.6. The van der Waals surface area contributed by atoms with Crippen LogP contribution in [0.4, 0.5) is 0 Å². The maximum Gasteiger partial charge on any atom is 0.214 e. The summed E-state index contributed by atoms with van der Waals surface area (Å²) in [6.45, 7) is 6.31. The van der Waals surface area contributed by atoms with Gasteiger partial charge in [0.05, 0.1) is 5.69 Å². The van der Waals surface area contributed by atoms with Gasteiger partial charge in [-0.3, -0.25) is 0 Å². The van der Waals surface area contributed by atoms with E-state index in [1.165, 1.54) is 22.3 Å². The summed E-state index contributed by atoms with van der Waals surface area (Å²) in [5, 5.41) is 12.9. The van der Waals surface area contributed by atoms with E-state index in [0.29, 0.717) is 0 Å². The Bertz CT molecular complexity index is 795. The molecule has 0 unspecified atom stereocenters. The summed E-state index contributed by atoms with van der Waals surface area (Å²) in [7, 11) is 0.